The molecule has 1 fully saturated rings. The monoisotopic (exact) mass is 267 g/mol. The molecule has 8 heteroatoms. The molecule has 18 heavy (non-hydrogen) atoms. The molecule has 0 spiro atoms. The summed E-state index contributed by atoms with van der Waals surface area (Å²) in [5, 5.41) is 2.05. The van der Waals surface area contributed by atoms with Crippen molar-refractivity contribution in [2.24, 2.45) is 11.7 Å². The highest BCUT2D eigenvalue weighted by molar-refractivity contribution is 5.80. The lowest BCUT2D eigenvalue weighted by atomic mass is 9.96. The molecule has 1 saturated heterocycles. The normalized spacial score (nSPS) is 17.8. The van der Waals surface area contributed by atoms with Crippen LogP contribution in [0.4, 0.5) is 13.2 Å². The zero-order chi connectivity index (χ0) is 13.8. The number of nitrogens with zero attached hydrogens (tertiary/aromatic N) is 1. The molecule has 0 saturated carbocycles. The second-order valence-corrected chi connectivity index (χ2v) is 4.28. The van der Waals surface area contributed by atoms with E-state index in [1.54, 1.807) is 0 Å². The van der Waals surface area contributed by atoms with Crippen molar-refractivity contribution < 1.29 is 22.8 Å². The molecule has 0 aromatic carbocycles. The third-order valence-corrected chi connectivity index (χ3v) is 2.85. The number of halogens is 3. The Kier molecular flexibility index (Phi) is 4.94. The topological polar surface area (TPSA) is 75.4 Å². The van der Waals surface area contributed by atoms with Crippen LogP contribution in [-0.2, 0) is 9.59 Å². The minimum atomic E-state index is -4.32. The van der Waals surface area contributed by atoms with E-state index in [0.717, 1.165) is 0 Å². The first-order chi connectivity index (χ1) is 8.29. The summed E-state index contributed by atoms with van der Waals surface area (Å²) in [4.78, 5) is 23.9. The number of hydrogen-bond donors (Lipinski definition) is 2. The number of amides is 2. The minimum Gasteiger partial charge on any atom is -0.369 e. The van der Waals surface area contributed by atoms with Crippen LogP contribution in [-0.4, -0.2) is 49.1 Å². The lowest BCUT2D eigenvalue weighted by Gasteiger charge is -2.30. The third-order valence-electron chi connectivity index (χ3n) is 2.85. The maximum atomic E-state index is 11.8. The van der Waals surface area contributed by atoms with E-state index in [0.29, 0.717) is 25.9 Å². The molecule has 3 N–H and O–H groups in total. The summed E-state index contributed by atoms with van der Waals surface area (Å²) in [6, 6.07) is 0. The van der Waals surface area contributed by atoms with Crippen molar-refractivity contribution in [3.63, 3.8) is 0 Å². The average Bonchev–Trinajstić information content (AvgIpc) is 2.27. The first-order valence-corrected chi connectivity index (χ1v) is 5.64. The van der Waals surface area contributed by atoms with E-state index in [1.165, 1.54) is 4.90 Å². The maximum absolute atomic E-state index is 11.8. The van der Waals surface area contributed by atoms with Crippen LogP contribution in [0.3, 0.4) is 0 Å². The van der Waals surface area contributed by atoms with Crippen molar-refractivity contribution in [3.8, 4) is 0 Å². The minimum absolute atomic E-state index is 0.239. The summed E-state index contributed by atoms with van der Waals surface area (Å²) in [6.07, 6.45) is -3.38. The zero-order valence-electron chi connectivity index (χ0n) is 9.79. The summed E-state index contributed by atoms with van der Waals surface area (Å²) in [6.45, 7) is -0.808. The standard InChI is InChI=1S/C10H16F3N3O2/c11-10(12,13)6-15-5-8(17)16-3-1-7(2-4-16)9(14)18/h7,15H,1-6H2,(H2,14,18). The fraction of sp³-hybridized carbons (Fsp3) is 0.800. The molecule has 0 aromatic heterocycles. The molecule has 0 bridgehead atoms. The van der Waals surface area contributed by atoms with E-state index in [-0.39, 0.29) is 18.4 Å². The molecule has 0 aromatic rings. The number of hydrogen-bond acceptors (Lipinski definition) is 3. The Morgan fingerprint density at radius 1 is 1.28 bits per heavy atom. The van der Waals surface area contributed by atoms with Crippen molar-refractivity contribution in [3.05, 3.63) is 0 Å². The highest BCUT2D eigenvalue weighted by Gasteiger charge is 2.28. The summed E-state index contributed by atoms with van der Waals surface area (Å²) in [5.74, 6) is -1.02. The van der Waals surface area contributed by atoms with Crippen LogP contribution in [0.15, 0.2) is 0 Å². The largest absolute Gasteiger partial charge is 0.401 e. The van der Waals surface area contributed by atoms with E-state index in [4.69, 9.17) is 5.73 Å². The first-order valence-electron chi connectivity index (χ1n) is 5.64. The van der Waals surface area contributed by atoms with Gasteiger partial charge >= 0.3 is 6.18 Å². The second kappa shape index (κ2) is 6.03. The number of alkyl halides is 3. The van der Waals surface area contributed by atoms with Crippen molar-refractivity contribution in [1.29, 1.82) is 0 Å². The van der Waals surface area contributed by atoms with Gasteiger partial charge in [0.15, 0.2) is 0 Å². The van der Waals surface area contributed by atoms with Gasteiger partial charge in [0.05, 0.1) is 13.1 Å². The highest BCUT2D eigenvalue weighted by Crippen LogP contribution is 2.16. The van der Waals surface area contributed by atoms with Crippen LogP contribution in [0.5, 0.6) is 0 Å². The van der Waals surface area contributed by atoms with Gasteiger partial charge in [-0.05, 0) is 12.8 Å². The van der Waals surface area contributed by atoms with Crippen LogP contribution in [0.2, 0.25) is 0 Å². The quantitative estimate of drug-likeness (QED) is 0.744. The van der Waals surface area contributed by atoms with Gasteiger partial charge in [-0.25, -0.2) is 0 Å². The second-order valence-electron chi connectivity index (χ2n) is 4.28. The van der Waals surface area contributed by atoms with Crippen molar-refractivity contribution in [2.75, 3.05) is 26.2 Å². The lowest BCUT2D eigenvalue weighted by Crippen LogP contribution is -2.46. The molecular weight excluding hydrogens is 251 g/mol. The van der Waals surface area contributed by atoms with Crippen molar-refractivity contribution >= 4 is 11.8 Å². The predicted molar refractivity (Wildman–Crippen MR) is 57.4 cm³/mol. The summed E-state index contributed by atoms with van der Waals surface area (Å²) in [5.41, 5.74) is 5.14. The van der Waals surface area contributed by atoms with E-state index in [9.17, 15) is 22.8 Å². The Hall–Kier alpha value is -1.31. The van der Waals surface area contributed by atoms with Gasteiger partial charge < -0.3 is 16.0 Å². The Balaban J connectivity index is 2.26. The third kappa shape index (κ3) is 4.91. The van der Waals surface area contributed by atoms with Crippen LogP contribution in [0, 0.1) is 5.92 Å². The lowest BCUT2D eigenvalue weighted by molar-refractivity contribution is -0.137. The number of carbonyl (C=O) groups excluding carboxylic acids is 2. The van der Waals surface area contributed by atoms with Gasteiger partial charge in [0.1, 0.15) is 0 Å². The summed E-state index contributed by atoms with van der Waals surface area (Å²) in [7, 11) is 0. The average molecular weight is 267 g/mol. The van der Waals surface area contributed by atoms with Crippen LogP contribution in [0.1, 0.15) is 12.8 Å². The van der Waals surface area contributed by atoms with Gasteiger partial charge in [-0.2, -0.15) is 13.2 Å². The molecule has 1 aliphatic heterocycles. The SMILES string of the molecule is NC(=O)C1CCN(C(=O)CNCC(F)(F)F)CC1. The smallest absolute Gasteiger partial charge is 0.369 e. The molecular formula is C10H16F3N3O2. The number of primary amides is 1. The zero-order valence-corrected chi connectivity index (χ0v) is 9.79. The molecule has 104 valence electrons. The first kappa shape index (κ1) is 14.7. The molecule has 0 radical (unpaired) electrons. The number of likely N-dealkylation sites (tertiary alicyclic amines) is 1. The van der Waals surface area contributed by atoms with E-state index in [1.807, 2.05) is 5.32 Å². The number of nitrogens with two attached hydrogens (primary N) is 1. The van der Waals surface area contributed by atoms with Gasteiger partial charge in [0.2, 0.25) is 11.8 Å². The van der Waals surface area contributed by atoms with Crippen molar-refractivity contribution in [2.45, 2.75) is 19.0 Å². The van der Waals surface area contributed by atoms with Gasteiger partial charge in [-0.3, -0.25) is 9.59 Å². The summed E-state index contributed by atoms with van der Waals surface area (Å²) < 4.78 is 35.5. The molecule has 1 heterocycles. The van der Waals surface area contributed by atoms with Crippen LogP contribution in [0.25, 0.3) is 0 Å². The number of rotatable bonds is 4. The highest BCUT2D eigenvalue weighted by atomic mass is 19.4. The Bertz CT molecular complexity index is 312. The Morgan fingerprint density at radius 3 is 2.28 bits per heavy atom. The van der Waals surface area contributed by atoms with Crippen LogP contribution >= 0.6 is 0 Å². The van der Waals surface area contributed by atoms with E-state index in [2.05, 4.69) is 0 Å². The molecule has 0 atom stereocenters. The summed E-state index contributed by atoms with van der Waals surface area (Å²) >= 11 is 0. The number of piperidine rings is 1. The fourth-order valence-corrected chi connectivity index (χ4v) is 1.84. The predicted octanol–water partition coefficient (Wildman–Crippen LogP) is -0.138. The maximum Gasteiger partial charge on any atom is 0.401 e. The van der Waals surface area contributed by atoms with E-state index >= 15 is 0 Å². The molecule has 1 aliphatic rings. The van der Waals surface area contributed by atoms with Gasteiger partial charge in [0.25, 0.3) is 0 Å². The molecule has 0 unspecified atom stereocenters. The van der Waals surface area contributed by atoms with E-state index < -0.39 is 18.6 Å². The van der Waals surface area contributed by atoms with Gasteiger partial charge in [0, 0.05) is 19.0 Å². The molecule has 2 amide bonds. The number of nitrogens with one attached hydrogen (secondary N) is 1. The van der Waals surface area contributed by atoms with Crippen molar-refractivity contribution in [1.82, 2.24) is 10.2 Å². The molecule has 5 nitrogen and oxygen atoms in total. The Morgan fingerprint density at radius 2 is 1.83 bits per heavy atom. The Labute approximate surface area is 102 Å². The van der Waals surface area contributed by atoms with Gasteiger partial charge in [-0.15, -0.1) is 0 Å². The number of carbonyl (C=O) groups is 2. The van der Waals surface area contributed by atoms with Gasteiger partial charge in [-0.1, -0.05) is 0 Å². The van der Waals surface area contributed by atoms with Crippen LogP contribution < -0.4 is 11.1 Å². The molecule has 1 rings (SSSR count). The molecule has 0 aliphatic carbocycles. The fourth-order valence-electron chi connectivity index (χ4n) is 1.84.